The predicted molar refractivity (Wildman–Crippen MR) is 205 cm³/mol. The lowest BCUT2D eigenvalue weighted by Gasteiger charge is -2.15. The Morgan fingerprint density at radius 2 is 0.833 bits per heavy atom. The third kappa shape index (κ3) is 36.2. The van der Waals surface area contributed by atoms with Gasteiger partial charge in [0.2, 0.25) is 0 Å². The van der Waals surface area contributed by atoms with Gasteiger partial charge in [-0.3, -0.25) is 9.59 Å². The van der Waals surface area contributed by atoms with Crippen molar-refractivity contribution in [2.45, 2.75) is 174 Å². The molecule has 5 nitrogen and oxygen atoms in total. The van der Waals surface area contributed by atoms with E-state index in [1.807, 2.05) is 0 Å². The van der Waals surface area contributed by atoms with E-state index in [0.29, 0.717) is 12.8 Å². The van der Waals surface area contributed by atoms with Gasteiger partial charge in [0, 0.05) is 12.8 Å². The number of rotatable bonds is 34. The van der Waals surface area contributed by atoms with Crippen LogP contribution in [-0.4, -0.2) is 36.4 Å². The van der Waals surface area contributed by atoms with Crippen LogP contribution in [0.1, 0.15) is 168 Å². The number of unbranched alkanes of at least 4 members (excludes halogenated alkanes) is 14. The zero-order valence-electron chi connectivity index (χ0n) is 31.0. The molecule has 1 atom stereocenters. The highest BCUT2D eigenvalue weighted by atomic mass is 16.6. The van der Waals surface area contributed by atoms with E-state index in [9.17, 15) is 14.7 Å². The molecule has 0 rings (SSSR count). The van der Waals surface area contributed by atoms with Gasteiger partial charge in [-0.05, 0) is 89.9 Å². The summed E-state index contributed by atoms with van der Waals surface area (Å²) >= 11 is 0. The summed E-state index contributed by atoms with van der Waals surface area (Å²) in [5, 5.41) is 9.54. The number of hydrogen-bond acceptors (Lipinski definition) is 5. The third-order valence-electron chi connectivity index (χ3n) is 7.97. The van der Waals surface area contributed by atoms with Crippen LogP contribution in [0.4, 0.5) is 0 Å². The zero-order valence-corrected chi connectivity index (χ0v) is 31.0. The van der Waals surface area contributed by atoms with Crippen LogP contribution in [-0.2, 0) is 19.1 Å². The molecule has 0 saturated carbocycles. The molecular formula is C43H72O5. The molecule has 0 unspecified atom stereocenters. The molecule has 5 heteroatoms. The van der Waals surface area contributed by atoms with Crippen LogP contribution in [0.5, 0.6) is 0 Å². The average Bonchev–Trinajstić information content (AvgIpc) is 3.09. The van der Waals surface area contributed by atoms with Crippen molar-refractivity contribution in [3.8, 4) is 0 Å². The molecule has 1 N–H and O–H groups in total. The molecule has 0 aliphatic carbocycles. The van der Waals surface area contributed by atoms with Crippen molar-refractivity contribution in [2.75, 3.05) is 13.2 Å². The molecule has 0 aliphatic heterocycles. The number of carbonyl (C=O) groups excluding carboxylic acids is 2. The normalized spacial score (nSPS) is 13.0. The summed E-state index contributed by atoms with van der Waals surface area (Å²) in [5.74, 6) is -0.649. The Morgan fingerprint density at radius 3 is 1.27 bits per heavy atom. The molecular weight excluding hydrogens is 596 g/mol. The van der Waals surface area contributed by atoms with E-state index in [4.69, 9.17) is 9.47 Å². The summed E-state index contributed by atoms with van der Waals surface area (Å²) in [6.07, 6.45) is 51.0. The van der Waals surface area contributed by atoms with Gasteiger partial charge in [-0.1, -0.05) is 138 Å². The molecule has 48 heavy (non-hydrogen) atoms. The lowest BCUT2D eigenvalue weighted by molar-refractivity contribution is -0.161. The number of carbonyl (C=O) groups is 2. The van der Waals surface area contributed by atoms with Gasteiger partial charge < -0.3 is 14.6 Å². The van der Waals surface area contributed by atoms with E-state index in [1.165, 1.54) is 64.2 Å². The van der Waals surface area contributed by atoms with Crippen molar-refractivity contribution >= 4 is 11.9 Å². The first kappa shape index (κ1) is 45.3. The average molecular weight is 669 g/mol. The van der Waals surface area contributed by atoms with Gasteiger partial charge in [0.25, 0.3) is 0 Å². The van der Waals surface area contributed by atoms with Crippen LogP contribution in [0.3, 0.4) is 0 Å². The summed E-state index contributed by atoms with van der Waals surface area (Å²) in [7, 11) is 0. The molecule has 0 saturated heterocycles. The summed E-state index contributed by atoms with van der Waals surface area (Å²) in [6, 6.07) is 0. The highest BCUT2D eigenvalue weighted by Crippen LogP contribution is 2.10. The van der Waals surface area contributed by atoms with Gasteiger partial charge in [0.1, 0.15) is 6.61 Å². The van der Waals surface area contributed by atoms with E-state index in [2.05, 4.69) is 86.8 Å². The van der Waals surface area contributed by atoms with E-state index in [0.717, 1.165) is 77.0 Å². The van der Waals surface area contributed by atoms with E-state index in [1.54, 1.807) is 0 Å². The fraction of sp³-hybridized carbons (Fsp3) is 0.674. The van der Waals surface area contributed by atoms with Crippen molar-refractivity contribution in [1.82, 2.24) is 0 Å². The first-order valence-corrected chi connectivity index (χ1v) is 19.5. The van der Waals surface area contributed by atoms with Crippen LogP contribution < -0.4 is 0 Å². The van der Waals surface area contributed by atoms with Crippen LogP contribution >= 0.6 is 0 Å². The Bertz CT molecular complexity index is 895. The van der Waals surface area contributed by atoms with Gasteiger partial charge in [0.05, 0.1) is 6.61 Å². The van der Waals surface area contributed by atoms with Crippen LogP contribution in [0.15, 0.2) is 72.9 Å². The lowest BCUT2D eigenvalue weighted by Crippen LogP contribution is -2.28. The molecule has 0 bridgehead atoms. The second-order valence-electron chi connectivity index (χ2n) is 12.6. The van der Waals surface area contributed by atoms with Crippen LogP contribution in [0, 0.1) is 0 Å². The molecule has 0 aromatic heterocycles. The maximum absolute atomic E-state index is 12.2. The van der Waals surface area contributed by atoms with Crippen molar-refractivity contribution in [3.05, 3.63) is 72.9 Å². The van der Waals surface area contributed by atoms with Gasteiger partial charge in [-0.15, -0.1) is 0 Å². The number of ether oxygens (including phenoxy) is 2. The molecule has 0 spiro atoms. The van der Waals surface area contributed by atoms with E-state index in [-0.39, 0.29) is 25.2 Å². The monoisotopic (exact) mass is 669 g/mol. The Hall–Kier alpha value is -2.66. The van der Waals surface area contributed by atoms with E-state index >= 15 is 0 Å². The summed E-state index contributed by atoms with van der Waals surface area (Å²) in [6.45, 7) is 4.03. The van der Waals surface area contributed by atoms with Gasteiger partial charge in [-0.25, -0.2) is 0 Å². The number of aliphatic hydroxyl groups is 1. The summed E-state index contributed by atoms with van der Waals surface area (Å²) in [5.41, 5.74) is 0. The Balaban J connectivity index is 3.69. The topological polar surface area (TPSA) is 72.8 Å². The second-order valence-corrected chi connectivity index (χ2v) is 12.6. The standard InChI is InChI=1S/C43H72O5/c1-3-5-7-9-11-13-15-17-19-20-21-22-24-26-28-30-32-34-36-38-43(46)48-41(39-44)40-47-42(45)37-35-33-31-29-27-25-23-18-16-14-12-10-8-6-4-2/h11-14,17-19,21-23,26,28,41,44H,3-10,15-16,20,24-25,27,29-40H2,1-2H3/t41-/m0/s1. The van der Waals surface area contributed by atoms with Crippen LogP contribution in [0.2, 0.25) is 0 Å². The SMILES string of the molecule is CCCCCC=CCC=CCC=CCC=CCCCCCC(=O)O[C@@H](CO)COC(=O)CCCCCCCC=CCC=CCCCCC. The number of allylic oxidation sites excluding steroid dienone is 12. The largest absolute Gasteiger partial charge is 0.462 e. The predicted octanol–water partition coefficient (Wildman–Crippen LogP) is 12.2. The fourth-order valence-corrected chi connectivity index (χ4v) is 4.98. The van der Waals surface area contributed by atoms with E-state index < -0.39 is 6.10 Å². The number of esters is 2. The first-order chi connectivity index (χ1) is 23.6. The molecule has 0 aromatic carbocycles. The Kier molecular flexibility index (Phi) is 36.6. The highest BCUT2D eigenvalue weighted by Gasteiger charge is 2.16. The summed E-state index contributed by atoms with van der Waals surface area (Å²) < 4.78 is 10.6. The summed E-state index contributed by atoms with van der Waals surface area (Å²) in [4.78, 5) is 24.2. The molecule has 0 amide bonds. The number of hydrogen-bond donors (Lipinski definition) is 1. The van der Waals surface area contributed by atoms with Crippen molar-refractivity contribution < 1.29 is 24.2 Å². The fourth-order valence-electron chi connectivity index (χ4n) is 4.98. The molecule has 0 fully saturated rings. The van der Waals surface area contributed by atoms with Gasteiger partial charge >= 0.3 is 11.9 Å². The minimum Gasteiger partial charge on any atom is -0.462 e. The lowest BCUT2D eigenvalue weighted by atomic mass is 10.1. The van der Waals surface area contributed by atoms with Crippen molar-refractivity contribution in [2.24, 2.45) is 0 Å². The smallest absolute Gasteiger partial charge is 0.306 e. The first-order valence-electron chi connectivity index (χ1n) is 19.5. The molecule has 0 radical (unpaired) electrons. The molecule has 0 heterocycles. The van der Waals surface area contributed by atoms with Crippen molar-refractivity contribution in [3.63, 3.8) is 0 Å². The molecule has 0 aromatic rings. The molecule has 274 valence electrons. The Morgan fingerprint density at radius 1 is 0.479 bits per heavy atom. The minimum absolute atomic E-state index is 0.0899. The Labute approximate surface area is 295 Å². The minimum atomic E-state index is -0.797. The molecule has 0 aliphatic rings. The van der Waals surface area contributed by atoms with Crippen LogP contribution in [0.25, 0.3) is 0 Å². The maximum Gasteiger partial charge on any atom is 0.306 e. The number of aliphatic hydroxyl groups excluding tert-OH is 1. The second kappa shape index (κ2) is 38.8. The van der Waals surface area contributed by atoms with Crippen molar-refractivity contribution in [1.29, 1.82) is 0 Å². The zero-order chi connectivity index (χ0) is 35.0. The third-order valence-corrected chi connectivity index (χ3v) is 7.97. The van der Waals surface area contributed by atoms with Gasteiger partial charge in [-0.2, -0.15) is 0 Å². The highest BCUT2D eigenvalue weighted by molar-refractivity contribution is 5.70. The quantitative estimate of drug-likeness (QED) is 0.0420. The maximum atomic E-state index is 12.2. The van der Waals surface area contributed by atoms with Gasteiger partial charge in [0.15, 0.2) is 6.10 Å².